The lowest BCUT2D eigenvalue weighted by atomic mass is 9.84. The van der Waals surface area contributed by atoms with Crippen molar-refractivity contribution in [3.8, 4) is 5.75 Å². The lowest BCUT2D eigenvalue weighted by Gasteiger charge is -2.33. The van der Waals surface area contributed by atoms with Gasteiger partial charge in [0.2, 0.25) is 11.0 Å². The molecule has 1 aliphatic heterocycles. The molecule has 1 saturated carbocycles. The number of carbonyl (C=O) groups is 2. The quantitative estimate of drug-likeness (QED) is 0.776. The average molecular weight is 429 g/mol. The molecule has 0 spiro atoms. The molecule has 2 aliphatic rings. The zero-order chi connectivity index (χ0) is 21.3. The van der Waals surface area contributed by atoms with Gasteiger partial charge in [-0.25, -0.2) is 0 Å². The molecule has 1 aromatic heterocycles. The standard InChI is InChI=1S/C22H28N4O3S/c1-13(2)20-24-25-22(30-20)23-19(27)17-12-14-8-4-6-10-16(14)26(17)21(28)15-9-5-7-11-18(15)29-3/h5,7,9,11,13-14,16-17H,4,6,8,10,12H2,1-3H3,(H,23,25,27)/t14-,16-,17-/m0/s1. The molecule has 2 aromatic rings. The zero-order valence-corrected chi connectivity index (χ0v) is 18.4. The van der Waals surface area contributed by atoms with E-state index in [1.54, 1.807) is 24.1 Å². The molecule has 0 unspecified atom stereocenters. The molecule has 2 fully saturated rings. The summed E-state index contributed by atoms with van der Waals surface area (Å²) in [5, 5.41) is 12.5. The van der Waals surface area contributed by atoms with Gasteiger partial charge < -0.3 is 9.64 Å². The minimum atomic E-state index is -0.512. The Kier molecular flexibility index (Phi) is 6.04. The van der Waals surface area contributed by atoms with Gasteiger partial charge in [0, 0.05) is 12.0 Å². The second-order valence-electron chi connectivity index (χ2n) is 8.37. The van der Waals surface area contributed by atoms with Crippen LogP contribution >= 0.6 is 11.3 Å². The minimum Gasteiger partial charge on any atom is -0.496 e. The fourth-order valence-corrected chi connectivity index (χ4v) is 5.40. The van der Waals surface area contributed by atoms with E-state index in [0.29, 0.717) is 28.8 Å². The zero-order valence-electron chi connectivity index (χ0n) is 17.6. The number of hydrogen-bond donors (Lipinski definition) is 1. The Hall–Kier alpha value is -2.48. The van der Waals surface area contributed by atoms with Crippen molar-refractivity contribution in [1.29, 1.82) is 0 Å². The van der Waals surface area contributed by atoms with Gasteiger partial charge in [-0.1, -0.05) is 50.2 Å². The van der Waals surface area contributed by atoms with E-state index in [9.17, 15) is 9.59 Å². The monoisotopic (exact) mass is 428 g/mol. The van der Waals surface area contributed by atoms with Gasteiger partial charge in [0.05, 0.1) is 12.7 Å². The number of hydrogen-bond acceptors (Lipinski definition) is 6. The molecule has 2 amide bonds. The highest BCUT2D eigenvalue weighted by molar-refractivity contribution is 7.15. The summed E-state index contributed by atoms with van der Waals surface area (Å²) in [5.74, 6) is 0.827. The molecule has 1 aromatic carbocycles. The van der Waals surface area contributed by atoms with Crippen LogP contribution in [0.4, 0.5) is 5.13 Å². The molecule has 30 heavy (non-hydrogen) atoms. The maximum atomic E-state index is 13.6. The van der Waals surface area contributed by atoms with Crippen LogP contribution in [0, 0.1) is 5.92 Å². The maximum Gasteiger partial charge on any atom is 0.258 e. The molecule has 0 radical (unpaired) electrons. The predicted molar refractivity (Wildman–Crippen MR) is 116 cm³/mol. The number of methoxy groups -OCH3 is 1. The molecule has 1 aliphatic carbocycles. The number of likely N-dealkylation sites (tertiary alicyclic amines) is 1. The van der Waals surface area contributed by atoms with Crippen LogP contribution < -0.4 is 10.1 Å². The molecule has 4 rings (SSSR count). The Morgan fingerprint density at radius 2 is 1.97 bits per heavy atom. The number of ether oxygens (including phenoxy) is 1. The van der Waals surface area contributed by atoms with Gasteiger partial charge >= 0.3 is 0 Å². The van der Waals surface area contributed by atoms with Gasteiger partial charge in [-0.2, -0.15) is 0 Å². The summed E-state index contributed by atoms with van der Waals surface area (Å²) in [6.07, 6.45) is 4.92. The van der Waals surface area contributed by atoms with Crippen molar-refractivity contribution in [2.45, 2.75) is 64.0 Å². The van der Waals surface area contributed by atoms with E-state index in [4.69, 9.17) is 4.74 Å². The van der Waals surface area contributed by atoms with Crippen LogP contribution in [0.2, 0.25) is 0 Å². The highest BCUT2D eigenvalue weighted by Crippen LogP contribution is 2.41. The Bertz CT molecular complexity index is 929. The molecule has 7 nitrogen and oxygen atoms in total. The predicted octanol–water partition coefficient (Wildman–Crippen LogP) is 4.08. The van der Waals surface area contributed by atoms with Crippen LogP contribution in [-0.2, 0) is 4.79 Å². The first-order valence-electron chi connectivity index (χ1n) is 10.6. The smallest absolute Gasteiger partial charge is 0.258 e. The van der Waals surface area contributed by atoms with Gasteiger partial charge in [0.1, 0.15) is 16.8 Å². The lowest BCUT2D eigenvalue weighted by molar-refractivity contribution is -0.120. The number of amides is 2. The third-order valence-corrected chi connectivity index (χ3v) is 7.27. The maximum absolute atomic E-state index is 13.6. The number of anilines is 1. The van der Waals surface area contributed by atoms with Crippen molar-refractivity contribution in [3.63, 3.8) is 0 Å². The third kappa shape index (κ3) is 3.93. The Balaban J connectivity index is 1.61. The highest BCUT2D eigenvalue weighted by atomic mass is 32.1. The number of aromatic nitrogens is 2. The number of carbonyl (C=O) groups excluding carboxylic acids is 2. The number of nitrogens with zero attached hydrogens (tertiary/aromatic N) is 3. The third-order valence-electron chi connectivity index (χ3n) is 6.13. The molecule has 2 heterocycles. The van der Waals surface area contributed by atoms with E-state index in [-0.39, 0.29) is 23.8 Å². The fraction of sp³-hybridized carbons (Fsp3) is 0.545. The molecule has 3 atom stereocenters. The SMILES string of the molecule is COc1ccccc1C(=O)N1[C@H](C(=O)Nc2nnc(C(C)C)s2)C[C@@H]2CCCC[C@@H]21. The van der Waals surface area contributed by atoms with Crippen LogP contribution in [0.25, 0.3) is 0 Å². The normalized spacial score (nSPS) is 23.3. The van der Waals surface area contributed by atoms with Crippen molar-refractivity contribution in [1.82, 2.24) is 15.1 Å². The first kappa shape index (κ1) is 20.8. The first-order valence-corrected chi connectivity index (χ1v) is 11.4. The molecular formula is C22H28N4O3S. The van der Waals surface area contributed by atoms with Crippen LogP contribution in [0.1, 0.15) is 67.2 Å². The fourth-order valence-electron chi connectivity index (χ4n) is 4.65. The Labute approximate surface area is 180 Å². The largest absolute Gasteiger partial charge is 0.496 e. The van der Waals surface area contributed by atoms with Gasteiger partial charge in [0.25, 0.3) is 5.91 Å². The molecule has 1 saturated heterocycles. The van der Waals surface area contributed by atoms with Crippen LogP contribution in [0.5, 0.6) is 5.75 Å². The molecular weight excluding hydrogens is 400 g/mol. The van der Waals surface area contributed by atoms with Crippen molar-refractivity contribution < 1.29 is 14.3 Å². The minimum absolute atomic E-state index is 0.0903. The molecule has 160 valence electrons. The number of rotatable bonds is 5. The van der Waals surface area contributed by atoms with Gasteiger partial charge in [-0.05, 0) is 37.3 Å². The first-order chi connectivity index (χ1) is 14.5. The number of fused-ring (bicyclic) bond motifs is 1. The molecule has 8 heteroatoms. The van der Waals surface area contributed by atoms with E-state index in [0.717, 1.165) is 30.7 Å². The van der Waals surface area contributed by atoms with E-state index < -0.39 is 6.04 Å². The van der Waals surface area contributed by atoms with Gasteiger partial charge in [-0.15, -0.1) is 10.2 Å². The van der Waals surface area contributed by atoms with Crippen LogP contribution in [0.3, 0.4) is 0 Å². The Morgan fingerprint density at radius 1 is 1.20 bits per heavy atom. The van der Waals surface area contributed by atoms with E-state index >= 15 is 0 Å². The second kappa shape index (κ2) is 8.71. The molecule has 1 N–H and O–H groups in total. The number of para-hydroxylation sites is 1. The van der Waals surface area contributed by atoms with Crippen molar-refractivity contribution >= 4 is 28.3 Å². The van der Waals surface area contributed by atoms with E-state index in [2.05, 4.69) is 15.5 Å². The number of nitrogens with one attached hydrogen (secondary N) is 1. The topological polar surface area (TPSA) is 84.4 Å². The summed E-state index contributed by atoms with van der Waals surface area (Å²) in [5.41, 5.74) is 0.502. The van der Waals surface area contributed by atoms with Crippen LogP contribution in [0.15, 0.2) is 24.3 Å². The summed E-state index contributed by atoms with van der Waals surface area (Å²) in [4.78, 5) is 28.6. The van der Waals surface area contributed by atoms with Crippen molar-refractivity contribution in [2.75, 3.05) is 12.4 Å². The summed E-state index contributed by atoms with van der Waals surface area (Å²) in [6, 6.07) is 6.80. The van der Waals surface area contributed by atoms with E-state index in [1.807, 2.05) is 26.0 Å². The molecule has 0 bridgehead atoms. The second-order valence-corrected chi connectivity index (χ2v) is 9.37. The van der Waals surface area contributed by atoms with Crippen LogP contribution in [-0.4, -0.2) is 46.1 Å². The average Bonchev–Trinajstić information content (AvgIpc) is 3.38. The van der Waals surface area contributed by atoms with Crippen molar-refractivity contribution in [3.05, 3.63) is 34.8 Å². The summed E-state index contributed by atoms with van der Waals surface area (Å²) < 4.78 is 5.41. The lowest BCUT2D eigenvalue weighted by Crippen LogP contribution is -2.48. The van der Waals surface area contributed by atoms with E-state index in [1.165, 1.54) is 11.3 Å². The Morgan fingerprint density at radius 3 is 2.70 bits per heavy atom. The van der Waals surface area contributed by atoms with Gasteiger partial charge in [0.15, 0.2) is 0 Å². The summed E-state index contributed by atoms with van der Waals surface area (Å²) in [7, 11) is 1.56. The van der Waals surface area contributed by atoms with Crippen molar-refractivity contribution in [2.24, 2.45) is 5.92 Å². The highest BCUT2D eigenvalue weighted by Gasteiger charge is 2.48. The summed E-state index contributed by atoms with van der Waals surface area (Å²) >= 11 is 1.39. The number of benzene rings is 1. The van der Waals surface area contributed by atoms with Gasteiger partial charge in [-0.3, -0.25) is 14.9 Å². The summed E-state index contributed by atoms with van der Waals surface area (Å²) in [6.45, 7) is 4.09.